The summed E-state index contributed by atoms with van der Waals surface area (Å²) in [5.74, 6) is 0.160. The van der Waals surface area contributed by atoms with Crippen molar-refractivity contribution in [2.45, 2.75) is 33.2 Å². The van der Waals surface area contributed by atoms with Gasteiger partial charge in [0.1, 0.15) is 0 Å². The van der Waals surface area contributed by atoms with E-state index in [1.807, 2.05) is 0 Å². The summed E-state index contributed by atoms with van der Waals surface area (Å²) < 4.78 is 25.6. The molecule has 1 aliphatic rings. The predicted molar refractivity (Wildman–Crippen MR) is 57.7 cm³/mol. The van der Waals surface area contributed by atoms with Crippen LogP contribution in [-0.2, 0) is 10.0 Å². The van der Waals surface area contributed by atoms with Gasteiger partial charge in [0.15, 0.2) is 0 Å². The minimum atomic E-state index is -3.07. The van der Waals surface area contributed by atoms with E-state index in [9.17, 15) is 8.42 Å². The Labute approximate surface area is 86.5 Å². The molecule has 0 spiro atoms. The third-order valence-electron chi connectivity index (χ3n) is 2.84. The highest BCUT2D eigenvalue weighted by Gasteiger charge is 2.34. The largest absolute Gasteiger partial charge is 0.316 e. The molecule has 1 fully saturated rings. The standard InChI is InChI=1S/C9H20N2O2S/c1-4-14(12,13)11-8-5-6-10-7-9(8,2)3/h8,10-11H,4-7H2,1-3H3. The Balaban J connectivity index is 2.67. The molecular formula is C9H20N2O2S. The van der Waals surface area contributed by atoms with Crippen molar-refractivity contribution < 1.29 is 8.42 Å². The minimum absolute atomic E-state index is 0.000486. The van der Waals surface area contributed by atoms with Crippen molar-refractivity contribution in [2.24, 2.45) is 5.41 Å². The highest BCUT2D eigenvalue weighted by Crippen LogP contribution is 2.25. The first-order chi connectivity index (χ1) is 6.37. The smallest absolute Gasteiger partial charge is 0.211 e. The van der Waals surface area contributed by atoms with Crippen LogP contribution in [0.2, 0.25) is 0 Å². The molecule has 2 N–H and O–H groups in total. The van der Waals surface area contributed by atoms with Gasteiger partial charge < -0.3 is 5.32 Å². The number of piperidine rings is 1. The molecule has 84 valence electrons. The van der Waals surface area contributed by atoms with Crippen molar-refractivity contribution in [1.82, 2.24) is 10.0 Å². The number of sulfonamides is 1. The van der Waals surface area contributed by atoms with Gasteiger partial charge in [-0.2, -0.15) is 0 Å². The van der Waals surface area contributed by atoms with Crippen molar-refractivity contribution in [1.29, 1.82) is 0 Å². The molecule has 0 radical (unpaired) electrons. The molecule has 0 amide bonds. The summed E-state index contributed by atoms with van der Waals surface area (Å²) in [4.78, 5) is 0. The zero-order chi connectivity index (χ0) is 10.8. The molecular weight excluding hydrogens is 200 g/mol. The average molecular weight is 220 g/mol. The van der Waals surface area contributed by atoms with Gasteiger partial charge in [0, 0.05) is 12.6 Å². The van der Waals surface area contributed by atoms with Crippen molar-refractivity contribution in [3.63, 3.8) is 0 Å². The van der Waals surface area contributed by atoms with Gasteiger partial charge >= 0.3 is 0 Å². The van der Waals surface area contributed by atoms with E-state index in [1.165, 1.54) is 0 Å². The molecule has 0 aromatic rings. The van der Waals surface area contributed by atoms with E-state index in [0.29, 0.717) is 0 Å². The van der Waals surface area contributed by atoms with Crippen molar-refractivity contribution in [3.8, 4) is 0 Å². The Kier molecular flexibility index (Phi) is 3.55. The zero-order valence-corrected chi connectivity index (χ0v) is 9.95. The van der Waals surface area contributed by atoms with Crippen LogP contribution in [0, 0.1) is 5.41 Å². The van der Waals surface area contributed by atoms with Crippen LogP contribution in [0.25, 0.3) is 0 Å². The molecule has 0 bridgehead atoms. The molecule has 0 aromatic heterocycles. The van der Waals surface area contributed by atoms with Crippen LogP contribution >= 0.6 is 0 Å². The summed E-state index contributed by atoms with van der Waals surface area (Å²) in [6, 6.07) is 0.0636. The quantitative estimate of drug-likeness (QED) is 0.720. The molecule has 0 aromatic carbocycles. The molecule has 1 unspecified atom stereocenters. The fourth-order valence-electron chi connectivity index (χ4n) is 1.69. The molecule has 1 heterocycles. The Morgan fingerprint density at radius 3 is 2.64 bits per heavy atom. The minimum Gasteiger partial charge on any atom is -0.316 e. The first-order valence-corrected chi connectivity index (χ1v) is 6.73. The SMILES string of the molecule is CCS(=O)(=O)NC1CCNCC1(C)C. The third-order valence-corrected chi connectivity index (χ3v) is 4.24. The summed E-state index contributed by atoms with van der Waals surface area (Å²) in [5.41, 5.74) is 0.000486. The van der Waals surface area contributed by atoms with Crippen LogP contribution in [0.3, 0.4) is 0 Å². The fourth-order valence-corrected chi connectivity index (χ4v) is 2.73. The maximum atomic E-state index is 11.4. The second kappa shape index (κ2) is 4.16. The molecule has 1 aliphatic heterocycles. The van der Waals surface area contributed by atoms with E-state index in [0.717, 1.165) is 19.5 Å². The summed E-state index contributed by atoms with van der Waals surface area (Å²) in [6.07, 6.45) is 0.867. The lowest BCUT2D eigenvalue weighted by Gasteiger charge is -2.39. The molecule has 5 heteroatoms. The number of nitrogens with one attached hydrogen (secondary N) is 2. The van der Waals surface area contributed by atoms with Crippen molar-refractivity contribution in [2.75, 3.05) is 18.8 Å². The van der Waals surface area contributed by atoms with Gasteiger partial charge in [-0.05, 0) is 25.3 Å². The molecule has 14 heavy (non-hydrogen) atoms. The molecule has 4 nitrogen and oxygen atoms in total. The first-order valence-electron chi connectivity index (χ1n) is 5.08. The molecule has 1 rings (SSSR count). The normalized spacial score (nSPS) is 27.5. The van der Waals surface area contributed by atoms with Crippen LogP contribution in [-0.4, -0.2) is 33.3 Å². The van der Waals surface area contributed by atoms with Gasteiger partial charge in [-0.15, -0.1) is 0 Å². The lowest BCUT2D eigenvalue weighted by Crippen LogP contribution is -2.54. The molecule has 1 saturated heterocycles. The van der Waals surface area contributed by atoms with Gasteiger partial charge in [-0.3, -0.25) is 0 Å². The topological polar surface area (TPSA) is 58.2 Å². The van der Waals surface area contributed by atoms with E-state index in [4.69, 9.17) is 0 Å². The maximum Gasteiger partial charge on any atom is 0.211 e. The van der Waals surface area contributed by atoms with E-state index >= 15 is 0 Å². The van der Waals surface area contributed by atoms with E-state index in [1.54, 1.807) is 6.92 Å². The highest BCUT2D eigenvalue weighted by atomic mass is 32.2. The van der Waals surface area contributed by atoms with Gasteiger partial charge in [0.25, 0.3) is 0 Å². The first kappa shape index (κ1) is 11.9. The van der Waals surface area contributed by atoms with Gasteiger partial charge in [-0.25, -0.2) is 13.1 Å². The monoisotopic (exact) mass is 220 g/mol. The Bertz CT molecular complexity index is 285. The van der Waals surface area contributed by atoms with Crippen LogP contribution in [0.15, 0.2) is 0 Å². The Morgan fingerprint density at radius 2 is 2.14 bits per heavy atom. The number of hydrogen-bond acceptors (Lipinski definition) is 3. The summed E-state index contributed by atoms with van der Waals surface area (Å²) in [7, 11) is -3.07. The van der Waals surface area contributed by atoms with Gasteiger partial charge in [-0.1, -0.05) is 13.8 Å². The van der Waals surface area contributed by atoms with Crippen molar-refractivity contribution in [3.05, 3.63) is 0 Å². The number of rotatable bonds is 3. The second-order valence-electron chi connectivity index (χ2n) is 4.53. The van der Waals surface area contributed by atoms with Crippen LogP contribution < -0.4 is 10.0 Å². The van der Waals surface area contributed by atoms with Crippen LogP contribution in [0.1, 0.15) is 27.2 Å². The van der Waals surface area contributed by atoms with Gasteiger partial charge in [0.2, 0.25) is 10.0 Å². The van der Waals surface area contributed by atoms with Gasteiger partial charge in [0.05, 0.1) is 5.75 Å². The number of hydrogen-bond donors (Lipinski definition) is 2. The highest BCUT2D eigenvalue weighted by molar-refractivity contribution is 7.89. The second-order valence-corrected chi connectivity index (χ2v) is 6.57. The van der Waals surface area contributed by atoms with E-state index in [2.05, 4.69) is 23.9 Å². The summed E-state index contributed by atoms with van der Waals surface area (Å²) in [6.45, 7) is 7.59. The zero-order valence-electron chi connectivity index (χ0n) is 9.13. The molecule has 0 aliphatic carbocycles. The maximum absolute atomic E-state index is 11.4. The fraction of sp³-hybridized carbons (Fsp3) is 1.00. The van der Waals surface area contributed by atoms with Crippen LogP contribution in [0.5, 0.6) is 0 Å². The summed E-state index contributed by atoms with van der Waals surface area (Å²) in [5, 5.41) is 3.27. The van der Waals surface area contributed by atoms with Crippen LogP contribution in [0.4, 0.5) is 0 Å². The predicted octanol–water partition coefficient (Wildman–Crippen LogP) is 0.314. The Morgan fingerprint density at radius 1 is 1.50 bits per heavy atom. The molecule has 0 saturated carbocycles. The average Bonchev–Trinajstić information content (AvgIpc) is 2.09. The summed E-state index contributed by atoms with van der Waals surface area (Å²) >= 11 is 0. The molecule has 1 atom stereocenters. The van der Waals surface area contributed by atoms with E-state index < -0.39 is 10.0 Å². The lowest BCUT2D eigenvalue weighted by atomic mass is 9.81. The van der Waals surface area contributed by atoms with E-state index in [-0.39, 0.29) is 17.2 Å². The lowest BCUT2D eigenvalue weighted by molar-refractivity contribution is 0.206. The van der Waals surface area contributed by atoms with Crippen molar-refractivity contribution >= 4 is 10.0 Å². The third kappa shape index (κ3) is 2.93. The Hall–Kier alpha value is -0.130.